The number of nitrogens with one attached hydrogen (secondary N) is 3. The maximum atomic E-state index is 13.1. The maximum absolute atomic E-state index is 13.1. The van der Waals surface area contributed by atoms with Crippen LogP contribution in [0.4, 0.5) is 0 Å². The van der Waals surface area contributed by atoms with E-state index in [1.165, 1.54) is 0 Å². The molecule has 2 amide bonds. The van der Waals surface area contributed by atoms with Gasteiger partial charge in [-0.3, -0.25) is 19.4 Å². The van der Waals surface area contributed by atoms with Crippen LogP contribution in [0.15, 0.2) is 35.3 Å². The highest BCUT2D eigenvalue weighted by molar-refractivity contribution is 6.28. The molecule has 0 spiro atoms. The summed E-state index contributed by atoms with van der Waals surface area (Å²) in [6.07, 6.45) is 2.78. The van der Waals surface area contributed by atoms with Gasteiger partial charge in [0.2, 0.25) is 11.8 Å². The van der Waals surface area contributed by atoms with Gasteiger partial charge in [-0.05, 0) is 37.8 Å². The number of carbonyl (C=O) groups excluding carboxylic acids is 3. The van der Waals surface area contributed by atoms with E-state index in [1.807, 2.05) is 30.3 Å². The molecule has 1 aromatic rings. The molecule has 170 valence electrons. The molecular formula is C21H31ClN6O3. The minimum absolute atomic E-state index is 0.0320. The predicted octanol–water partition coefficient (Wildman–Crippen LogP) is -0.188. The Balaban J connectivity index is 2.07. The molecule has 0 aliphatic carbocycles. The zero-order valence-electron chi connectivity index (χ0n) is 17.5. The Morgan fingerprint density at radius 2 is 1.90 bits per heavy atom. The third-order valence-corrected chi connectivity index (χ3v) is 5.34. The number of guanidine groups is 1. The van der Waals surface area contributed by atoms with Gasteiger partial charge < -0.3 is 27.4 Å². The first-order valence-corrected chi connectivity index (χ1v) is 11.0. The van der Waals surface area contributed by atoms with Crippen LogP contribution in [0.25, 0.3) is 0 Å². The van der Waals surface area contributed by atoms with Crippen LogP contribution in [0.1, 0.15) is 31.2 Å². The molecule has 1 fully saturated rings. The van der Waals surface area contributed by atoms with Crippen molar-refractivity contribution < 1.29 is 14.4 Å². The number of aliphatic imine (C=N–C) groups is 1. The second kappa shape index (κ2) is 12.9. The van der Waals surface area contributed by atoms with Gasteiger partial charge in [-0.2, -0.15) is 0 Å². The summed E-state index contributed by atoms with van der Waals surface area (Å²) in [5.74, 6) is -1.21. The molecule has 3 unspecified atom stereocenters. The van der Waals surface area contributed by atoms with Crippen LogP contribution in [0.3, 0.4) is 0 Å². The number of ketones is 1. The molecule has 0 aromatic heterocycles. The molecular weight excluding hydrogens is 420 g/mol. The highest BCUT2D eigenvalue weighted by Crippen LogP contribution is 2.09. The molecule has 7 N–H and O–H groups in total. The summed E-state index contributed by atoms with van der Waals surface area (Å²) in [5.41, 5.74) is 11.5. The van der Waals surface area contributed by atoms with Crippen molar-refractivity contribution in [2.75, 3.05) is 19.0 Å². The lowest BCUT2D eigenvalue weighted by Crippen LogP contribution is -2.55. The van der Waals surface area contributed by atoms with Gasteiger partial charge in [-0.1, -0.05) is 30.3 Å². The van der Waals surface area contributed by atoms with Gasteiger partial charge in [0.1, 0.15) is 6.04 Å². The fourth-order valence-electron chi connectivity index (χ4n) is 3.42. The average Bonchev–Trinajstić information content (AvgIpc) is 3.30. The Bertz CT molecular complexity index is 764. The van der Waals surface area contributed by atoms with Gasteiger partial charge in [0.05, 0.1) is 18.0 Å². The van der Waals surface area contributed by atoms with Crippen molar-refractivity contribution >= 4 is 35.2 Å². The molecule has 10 heteroatoms. The smallest absolute Gasteiger partial charge is 0.243 e. The topological polar surface area (TPSA) is 152 Å². The normalized spacial score (nSPS) is 17.4. The second-order valence-electron chi connectivity index (χ2n) is 7.51. The number of Topliss-reactive ketones (excluding diaryl/α,β-unsaturated/α-hetero) is 1. The summed E-state index contributed by atoms with van der Waals surface area (Å²) in [4.78, 5) is 41.8. The zero-order chi connectivity index (χ0) is 22.6. The molecule has 2 rings (SSSR count). The van der Waals surface area contributed by atoms with Crippen LogP contribution in [-0.4, -0.2) is 60.7 Å². The SMILES string of the molecule is NC(N)=NCCCC(NC(=O)C(Cc1ccccc1)NC(=O)C1CCCN1)C(=O)CCl. The number of hydrogen-bond acceptors (Lipinski definition) is 5. The fourth-order valence-corrected chi connectivity index (χ4v) is 3.61. The molecule has 1 heterocycles. The van der Waals surface area contributed by atoms with Crippen molar-refractivity contribution in [1.82, 2.24) is 16.0 Å². The number of amides is 2. The lowest BCUT2D eigenvalue weighted by molar-refractivity contribution is -0.131. The summed E-state index contributed by atoms with van der Waals surface area (Å²) in [7, 11) is 0. The van der Waals surface area contributed by atoms with Crippen molar-refractivity contribution in [1.29, 1.82) is 0 Å². The number of rotatable bonds is 12. The number of nitrogens with zero attached hydrogens (tertiary/aromatic N) is 1. The van der Waals surface area contributed by atoms with Crippen LogP contribution in [-0.2, 0) is 20.8 Å². The molecule has 1 aliphatic heterocycles. The molecule has 0 saturated carbocycles. The lowest BCUT2D eigenvalue weighted by atomic mass is 10.0. The van der Waals surface area contributed by atoms with Gasteiger partial charge in [0, 0.05) is 13.0 Å². The molecule has 1 saturated heterocycles. The number of carbonyl (C=O) groups is 3. The molecule has 0 bridgehead atoms. The summed E-state index contributed by atoms with van der Waals surface area (Å²) < 4.78 is 0. The van der Waals surface area contributed by atoms with Gasteiger partial charge >= 0.3 is 0 Å². The van der Waals surface area contributed by atoms with Crippen molar-refractivity contribution in [3.05, 3.63) is 35.9 Å². The van der Waals surface area contributed by atoms with Crippen molar-refractivity contribution in [2.45, 2.75) is 50.2 Å². The number of benzene rings is 1. The molecule has 0 radical (unpaired) electrons. The Kier molecular flexibility index (Phi) is 10.3. The number of halogens is 1. The zero-order valence-corrected chi connectivity index (χ0v) is 18.2. The number of nitrogens with two attached hydrogens (primary N) is 2. The van der Waals surface area contributed by atoms with E-state index in [-0.39, 0.29) is 29.6 Å². The quantitative estimate of drug-likeness (QED) is 0.129. The summed E-state index contributed by atoms with van der Waals surface area (Å²) in [6.45, 7) is 1.11. The van der Waals surface area contributed by atoms with Crippen molar-refractivity contribution in [3.8, 4) is 0 Å². The summed E-state index contributed by atoms with van der Waals surface area (Å²) in [5, 5.41) is 8.72. The first kappa shape index (κ1) is 24.6. The average molecular weight is 451 g/mol. The molecule has 1 aliphatic rings. The highest BCUT2D eigenvalue weighted by atomic mass is 35.5. The third-order valence-electron chi connectivity index (χ3n) is 5.07. The minimum atomic E-state index is -0.819. The first-order valence-electron chi connectivity index (χ1n) is 10.4. The van der Waals surface area contributed by atoms with E-state index in [2.05, 4.69) is 20.9 Å². The number of alkyl halides is 1. The van der Waals surface area contributed by atoms with Crippen molar-refractivity contribution in [2.24, 2.45) is 16.5 Å². The maximum Gasteiger partial charge on any atom is 0.243 e. The molecule has 31 heavy (non-hydrogen) atoms. The van der Waals surface area contributed by atoms with Crippen LogP contribution in [0.5, 0.6) is 0 Å². The Morgan fingerprint density at radius 1 is 1.16 bits per heavy atom. The largest absolute Gasteiger partial charge is 0.370 e. The van der Waals surface area contributed by atoms with Crippen LogP contribution >= 0.6 is 11.6 Å². The van der Waals surface area contributed by atoms with E-state index in [9.17, 15) is 14.4 Å². The van der Waals surface area contributed by atoms with Crippen LogP contribution in [0, 0.1) is 0 Å². The van der Waals surface area contributed by atoms with E-state index in [1.54, 1.807) is 0 Å². The van der Waals surface area contributed by atoms with E-state index in [0.29, 0.717) is 25.8 Å². The molecule has 9 nitrogen and oxygen atoms in total. The second-order valence-corrected chi connectivity index (χ2v) is 7.78. The van der Waals surface area contributed by atoms with E-state index in [4.69, 9.17) is 23.1 Å². The predicted molar refractivity (Wildman–Crippen MR) is 121 cm³/mol. The van der Waals surface area contributed by atoms with Gasteiger partial charge in [-0.25, -0.2) is 0 Å². The molecule has 1 aromatic carbocycles. The van der Waals surface area contributed by atoms with E-state index >= 15 is 0 Å². The Labute approximate surface area is 187 Å². The van der Waals surface area contributed by atoms with Crippen LogP contribution in [0.2, 0.25) is 0 Å². The summed E-state index contributed by atoms with van der Waals surface area (Å²) in [6, 6.07) is 7.48. The monoisotopic (exact) mass is 450 g/mol. The minimum Gasteiger partial charge on any atom is -0.370 e. The van der Waals surface area contributed by atoms with Gasteiger partial charge in [0.15, 0.2) is 11.7 Å². The lowest BCUT2D eigenvalue weighted by Gasteiger charge is -2.24. The number of hydrogen-bond donors (Lipinski definition) is 5. The van der Waals surface area contributed by atoms with E-state index < -0.39 is 18.0 Å². The van der Waals surface area contributed by atoms with Gasteiger partial charge in [0.25, 0.3) is 0 Å². The summed E-state index contributed by atoms with van der Waals surface area (Å²) >= 11 is 5.73. The van der Waals surface area contributed by atoms with Crippen LogP contribution < -0.4 is 27.4 Å². The highest BCUT2D eigenvalue weighted by Gasteiger charge is 2.29. The molecule has 3 atom stereocenters. The Morgan fingerprint density at radius 3 is 2.52 bits per heavy atom. The first-order chi connectivity index (χ1) is 14.9. The third kappa shape index (κ3) is 8.55. The van der Waals surface area contributed by atoms with E-state index in [0.717, 1.165) is 24.9 Å². The van der Waals surface area contributed by atoms with Gasteiger partial charge in [-0.15, -0.1) is 11.6 Å². The fraction of sp³-hybridized carbons (Fsp3) is 0.524. The standard InChI is InChI=1S/C21H31ClN6O3/c22-13-18(29)15(8-4-11-26-21(23)24)27-20(31)17(12-14-6-2-1-3-7-14)28-19(30)16-9-5-10-25-16/h1-3,6-7,15-17,25H,4-5,8-13H2,(H,27,31)(H,28,30)(H4,23,24,26). The van der Waals surface area contributed by atoms with Crippen molar-refractivity contribution in [3.63, 3.8) is 0 Å². The Hall–Kier alpha value is -2.65.